The number of nitrogens with one attached hydrogen (secondary N) is 2. The van der Waals surface area contributed by atoms with Crippen molar-refractivity contribution in [2.75, 3.05) is 5.32 Å². The number of benzene rings is 1. The Balaban J connectivity index is 2.34. The largest absolute Gasteiger partial charge is 0.324 e. The minimum absolute atomic E-state index is 0.00335. The van der Waals surface area contributed by atoms with Crippen LogP contribution in [0.25, 0.3) is 0 Å². The lowest BCUT2D eigenvalue weighted by molar-refractivity contribution is -0.383. The van der Waals surface area contributed by atoms with Crippen LogP contribution in [0.4, 0.5) is 16.5 Å². The summed E-state index contributed by atoms with van der Waals surface area (Å²) in [6.07, 6.45) is 0. The number of nitro groups is 1. The molecule has 0 unspecified atom stereocenters. The van der Waals surface area contributed by atoms with Gasteiger partial charge in [-0.1, -0.05) is 23.5 Å². The highest BCUT2D eigenvalue weighted by atomic mass is 32.1. The highest BCUT2D eigenvalue weighted by molar-refractivity contribution is 7.73. The zero-order valence-corrected chi connectivity index (χ0v) is 9.47. The van der Waals surface area contributed by atoms with Crippen molar-refractivity contribution in [3.63, 3.8) is 0 Å². The first-order valence-corrected chi connectivity index (χ1v) is 5.45. The number of hydrogen-bond donors (Lipinski definition) is 2. The molecule has 0 bridgehead atoms. The molecular formula is C8H6N4O2S2. The second-order valence-corrected chi connectivity index (χ2v) is 4.48. The van der Waals surface area contributed by atoms with E-state index in [1.54, 1.807) is 18.2 Å². The van der Waals surface area contributed by atoms with Crippen LogP contribution >= 0.6 is 23.6 Å². The van der Waals surface area contributed by atoms with Crippen LogP contribution in [0.15, 0.2) is 24.3 Å². The maximum atomic E-state index is 10.7. The molecule has 1 aromatic carbocycles. The van der Waals surface area contributed by atoms with Gasteiger partial charge in [0.25, 0.3) is 5.69 Å². The predicted octanol–water partition coefficient (Wildman–Crippen LogP) is 2.85. The summed E-state index contributed by atoms with van der Waals surface area (Å²) >= 11 is 6.08. The molecule has 6 nitrogen and oxygen atoms in total. The lowest BCUT2D eigenvalue weighted by Crippen LogP contribution is -1.96. The SMILES string of the molecule is O=[N+]([O-])c1ccccc1Nc1n[nH]c(=S)s1. The van der Waals surface area contributed by atoms with E-state index in [9.17, 15) is 10.1 Å². The van der Waals surface area contributed by atoms with Gasteiger partial charge in [0.1, 0.15) is 5.69 Å². The number of nitrogens with zero attached hydrogens (tertiary/aromatic N) is 2. The molecule has 0 amide bonds. The second kappa shape index (κ2) is 4.37. The summed E-state index contributed by atoms with van der Waals surface area (Å²) < 4.78 is 0.515. The summed E-state index contributed by atoms with van der Waals surface area (Å²) in [6, 6.07) is 6.36. The van der Waals surface area contributed by atoms with Crippen molar-refractivity contribution in [1.29, 1.82) is 0 Å². The second-order valence-electron chi connectivity index (χ2n) is 2.82. The number of nitro benzene ring substituents is 1. The average molecular weight is 254 g/mol. The van der Waals surface area contributed by atoms with Crippen molar-refractivity contribution in [3.8, 4) is 0 Å². The molecule has 0 aliphatic heterocycles. The van der Waals surface area contributed by atoms with E-state index in [1.165, 1.54) is 17.4 Å². The Morgan fingerprint density at radius 3 is 2.88 bits per heavy atom. The Bertz CT molecular complexity index is 577. The monoisotopic (exact) mass is 254 g/mol. The molecule has 0 aliphatic rings. The van der Waals surface area contributed by atoms with Gasteiger partial charge in [-0.2, -0.15) is 0 Å². The summed E-state index contributed by atoms with van der Waals surface area (Å²) in [5, 5.41) is 20.5. The number of H-pyrrole nitrogens is 1. The van der Waals surface area contributed by atoms with Crippen LogP contribution in [0, 0.1) is 14.1 Å². The van der Waals surface area contributed by atoms with Gasteiger partial charge in [0.05, 0.1) is 4.92 Å². The van der Waals surface area contributed by atoms with Gasteiger partial charge in [-0.25, -0.2) is 0 Å². The van der Waals surface area contributed by atoms with Crippen LogP contribution in [0.2, 0.25) is 0 Å². The quantitative estimate of drug-likeness (QED) is 0.500. The van der Waals surface area contributed by atoms with Crippen LogP contribution in [-0.4, -0.2) is 15.1 Å². The van der Waals surface area contributed by atoms with Crippen molar-refractivity contribution in [3.05, 3.63) is 38.3 Å². The summed E-state index contributed by atoms with van der Waals surface area (Å²) in [7, 11) is 0. The zero-order chi connectivity index (χ0) is 11.5. The Labute approximate surface area is 99.1 Å². The smallest absolute Gasteiger partial charge is 0.292 e. The molecule has 2 aromatic rings. The van der Waals surface area contributed by atoms with E-state index in [0.717, 1.165) is 0 Å². The number of aromatic nitrogens is 2. The molecule has 2 N–H and O–H groups in total. The van der Waals surface area contributed by atoms with Gasteiger partial charge < -0.3 is 5.32 Å². The summed E-state index contributed by atoms with van der Waals surface area (Å²) in [6.45, 7) is 0. The Morgan fingerprint density at radius 2 is 2.25 bits per heavy atom. The highest BCUT2D eigenvalue weighted by Crippen LogP contribution is 2.27. The fourth-order valence-electron chi connectivity index (χ4n) is 1.14. The Kier molecular flexibility index (Phi) is 2.93. The maximum absolute atomic E-state index is 10.7. The minimum atomic E-state index is -0.450. The third-order valence-electron chi connectivity index (χ3n) is 1.78. The van der Waals surface area contributed by atoms with E-state index in [0.29, 0.717) is 14.8 Å². The molecule has 1 heterocycles. The lowest BCUT2D eigenvalue weighted by Gasteiger charge is -2.01. The first-order valence-electron chi connectivity index (χ1n) is 4.23. The van der Waals surface area contributed by atoms with Gasteiger partial charge in [0, 0.05) is 6.07 Å². The molecule has 2 rings (SSSR count). The zero-order valence-electron chi connectivity index (χ0n) is 7.84. The van der Waals surface area contributed by atoms with E-state index in [2.05, 4.69) is 15.5 Å². The van der Waals surface area contributed by atoms with Crippen LogP contribution < -0.4 is 5.32 Å². The number of anilines is 2. The van der Waals surface area contributed by atoms with E-state index in [-0.39, 0.29) is 5.69 Å². The van der Waals surface area contributed by atoms with Crippen LogP contribution in [0.3, 0.4) is 0 Å². The first kappa shape index (κ1) is 10.7. The normalized spacial score (nSPS) is 10.0. The van der Waals surface area contributed by atoms with Crippen molar-refractivity contribution >= 4 is 40.1 Å². The van der Waals surface area contributed by atoms with E-state index in [1.807, 2.05) is 0 Å². The maximum Gasteiger partial charge on any atom is 0.292 e. The number of rotatable bonds is 3. The molecule has 1 aromatic heterocycles. The summed E-state index contributed by atoms with van der Waals surface area (Å²) in [5.41, 5.74) is 0.397. The molecule has 16 heavy (non-hydrogen) atoms. The Morgan fingerprint density at radius 1 is 1.50 bits per heavy atom. The molecule has 0 fully saturated rings. The predicted molar refractivity (Wildman–Crippen MR) is 63.7 cm³/mol. The van der Waals surface area contributed by atoms with Gasteiger partial charge >= 0.3 is 0 Å². The summed E-state index contributed by atoms with van der Waals surface area (Å²) in [4.78, 5) is 10.3. The molecule has 0 radical (unpaired) electrons. The standard InChI is InChI=1S/C8H6N4O2S2/c13-12(14)6-4-2-1-3-5(6)9-7-10-11-8(15)16-7/h1-4H,(H,9,10)(H,11,15). The van der Waals surface area contributed by atoms with Gasteiger partial charge in [0.15, 0.2) is 3.95 Å². The van der Waals surface area contributed by atoms with Crippen molar-refractivity contribution in [2.45, 2.75) is 0 Å². The van der Waals surface area contributed by atoms with Crippen LogP contribution in [0.5, 0.6) is 0 Å². The van der Waals surface area contributed by atoms with Crippen LogP contribution in [0.1, 0.15) is 0 Å². The topological polar surface area (TPSA) is 83.8 Å². The lowest BCUT2D eigenvalue weighted by atomic mass is 10.3. The fourth-order valence-corrected chi connectivity index (χ4v) is 1.94. The van der Waals surface area contributed by atoms with Crippen molar-refractivity contribution < 1.29 is 4.92 Å². The third-order valence-corrected chi connectivity index (χ3v) is 2.79. The van der Waals surface area contributed by atoms with Crippen molar-refractivity contribution in [2.24, 2.45) is 0 Å². The molecular weight excluding hydrogens is 248 g/mol. The molecule has 8 heteroatoms. The molecule has 0 aliphatic carbocycles. The van der Waals surface area contributed by atoms with E-state index < -0.39 is 4.92 Å². The van der Waals surface area contributed by atoms with Gasteiger partial charge in [-0.05, 0) is 18.3 Å². The van der Waals surface area contributed by atoms with Gasteiger partial charge in [-0.3, -0.25) is 15.2 Å². The van der Waals surface area contributed by atoms with Crippen LogP contribution in [-0.2, 0) is 0 Å². The summed E-state index contributed by atoms with van der Waals surface area (Å²) in [5.74, 6) is 0. The molecule has 82 valence electrons. The molecule has 0 atom stereocenters. The third kappa shape index (κ3) is 2.23. The number of hydrogen-bond acceptors (Lipinski definition) is 6. The van der Waals surface area contributed by atoms with E-state index in [4.69, 9.17) is 12.2 Å². The molecule has 0 saturated heterocycles. The van der Waals surface area contributed by atoms with Gasteiger partial charge in [0.2, 0.25) is 5.13 Å². The number of aromatic amines is 1. The highest BCUT2D eigenvalue weighted by Gasteiger charge is 2.13. The molecule has 0 saturated carbocycles. The average Bonchev–Trinajstić information content (AvgIpc) is 2.64. The number of para-hydroxylation sites is 2. The molecule has 0 spiro atoms. The first-order chi connectivity index (χ1) is 7.66. The van der Waals surface area contributed by atoms with Crippen molar-refractivity contribution in [1.82, 2.24) is 10.2 Å². The fraction of sp³-hybridized carbons (Fsp3) is 0. The Hall–Kier alpha value is -1.80. The minimum Gasteiger partial charge on any atom is -0.324 e. The van der Waals surface area contributed by atoms with E-state index >= 15 is 0 Å². The van der Waals surface area contributed by atoms with Gasteiger partial charge in [-0.15, -0.1) is 5.10 Å².